The first-order valence-electron chi connectivity index (χ1n) is 5.64. The van der Waals surface area contributed by atoms with Crippen LogP contribution >= 0.6 is 0 Å². The van der Waals surface area contributed by atoms with E-state index in [4.69, 9.17) is 5.11 Å². The lowest BCUT2D eigenvalue weighted by Gasteiger charge is -2.17. The molecular formula is C11H16N2O4. The number of aromatic amines is 1. The Bertz CT molecular complexity index is 519. The van der Waals surface area contributed by atoms with E-state index in [1.54, 1.807) is 6.92 Å². The van der Waals surface area contributed by atoms with Crippen molar-refractivity contribution in [2.45, 2.75) is 31.9 Å². The molecule has 0 spiro atoms. The van der Waals surface area contributed by atoms with Gasteiger partial charge < -0.3 is 10.2 Å². The molecule has 17 heavy (non-hydrogen) atoms. The zero-order chi connectivity index (χ0) is 12.6. The van der Waals surface area contributed by atoms with E-state index < -0.39 is 17.4 Å². The van der Waals surface area contributed by atoms with Gasteiger partial charge in [-0.25, -0.2) is 4.79 Å². The summed E-state index contributed by atoms with van der Waals surface area (Å²) in [5.41, 5.74) is -0.482. The molecule has 2 rings (SSSR count). The molecule has 1 aromatic rings. The third-order valence-electron chi connectivity index (χ3n) is 3.36. The monoisotopic (exact) mass is 240 g/mol. The predicted molar refractivity (Wildman–Crippen MR) is 60.9 cm³/mol. The average Bonchev–Trinajstić information content (AvgIpc) is 2.65. The van der Waals surface area contributed by atoms with E-state index in [-0.39, 0.29) is 18.6 Å². The van der Waals surface area contributed by atoms with E-state index in [1.807, 2.05) is 0 Å². The highest BCUT2D eigenvalue weighted by molar-refractivity contribution is 5.03. The number of H-pyrrole nitrogens is 1. The van der Waals surface area contributed by atoms with Crippen LogP contribution in [-0.4, -0.2) is 32.5 Å². The number of aryl methyl sites for hydroxylation is 1. The molecule has 6 nitrogen and oxygen atoms in total. The number of aliphatic hydroxyl groups is 2. The third kappa shape index (κ3) is 2.18. The fraction of sp³-hybridized carbons (Fsp3) is 0.636. The smallest absolute Gasteiger partial charge is 0.328 e. The van der Waals surface area contributed by atoms with E-state index >= 15 is 0 Å². The lowest BCUT2D eigenvalue weighted by Crippen LogP contribution is -2.35. The summed E-state index contributed by atoms with van der Waals surface area (Å²) in [5, 5.41) is 18.9. The van der Waals surface area contributed by atoms with Crippen LogP contribution in [0, 0.1) is 12.8 Å². The van der Waals surface area contributed by atoms with Gasteiger partial charge in [-0.1, -0.05) is 0 Å². The summed E-state index contributed by atoms with van der Waals surface area (Å²) in [5.74, 6) is 0.00846. The quantitative estimate of drug-likeness (QED) is 0.627. The molecule has 94 valence electrons. The first kappa shape index (κ1) is 12.1. The van der Waals surface area contributed by atoms with E-state index in [0.717, 1.165) is 0 Å². The fourth-order valence-corrected chi connectivity index (χ4v) is 2.37. The zero-order valence-corrected chi connectivity index (χ0v) is 9.59. The second-order valence-corrected chi connectivity index (χ2v) is 4.63. The van der Waals surface area contributed by atoms with Gasteiger partial charge in [0.25, 0.3) is 5.56 Å². The van der Waals surface area contributed by atoms with E-state index in [0.29, 0.717) is 18.4 Å². The number of aromatic nitrogens is 2. The summed E-state index contributed by atoms with van der Waals surface area (Å²) in [4.78, 5) is 25.1. The number of hydrogen-bond acceptors (Lipinski definition) is 4. The van der Waals surface area contributed by atoms with Crippen LogP contribution in [-0.2, 0) is 0 Å². The summed E-state index contributed by atoms with van der Waals surface area (Å²) in [6, 6.07) is -0.366. The van der Waals surface area contributed by atoms with Crippen LogP contribution < -0.4 is 11.2 Å². The molecule has 1 fully saturated rings. The van der Waals surface area contributed by atoms with Gasteiger partial charge in [-0.05, 0) is 25.7 Å². The van der Waals surface area contributed by atoms with Crippen LogP contribution in [0.3, 0.4) is 0 Å². The maximum Gasteiger partial charge on any atom is 0.328 e. The normalized spacial score (nSPS) is 28.5. The summed E-state index contributed by atoms with van der Waals surface area (Å²) in [6.45, 7) is 1.62. The molecule has 1 aromatic heterocycles. The van der Waals surface area contributed by atoms with Gasteiger partial charge in [-0.3, -0.25) is 14.3 Å². The highest BCUT2D eigenvalue weighted by Crippen LogP contribution is 2.33. The minimum absolute atomic E-state index is 0.00461. The number of aliphatic hydroxyl groups excluding tert-OH is 2. The van der Waals surface area contributed by atoms with Crippen molar-refractivity contribution in [2.24, 2.45) is 5.92 Å². The molecule has 1 aliphatic carbocycles. The van der Waals surface area contributed by atoms with E-state index in [9.17, 15) is 14.7 Å². The Morgan fingerprint density at radius 1 is 1.47 bits per heavy atom. The molecule has 1 saturated carbocycles. The Balaban J connectivity index is 2.38. The molecular weight excluding hydrogens is 224 g/mol. The topological polar surface area (TPSA) is 95.3 Å². The van der Waals surface area contributed by atoms with Gasteiger partial charge in [0.15, 0.2) is 0 Å². The fourth-order valence-electron chi connectivity index (χ4n) is 2.37. The third-order valence-corrected chi connectivity index (χ3v) is 3.36. The molecule has 0 radical (unpaired) electrons. The molecule has 6 heteroatoms. The van der Waals surface area contributed by atoms with Gasteiger partial charge in [-0.15, -0.1) is 0 Å². The number of nitrogens with zero attached hydrogens (tertiary/aromatic N) is 1. The molecule has 0 aliphatic heterocycles. The number of rotatable bonds is 2. The Labute approximate surface area is 97.5 Å². The van der Waals surface area contributed by atoms with Crippen LogP contribution in [0.1, 0.15) is 24.4 Å². The van der Waals surface area contributed by atoms with Gasteiger partial charge in [0.2, 0.25) is 0 Å². The Morgan fingerprint density at radius 2 is 2.18 bits per heavy atom. The molecule has 0 aromatic carbocycles. The number of hydrogen-bond donors (Lipinski definition) is 3. The van der Waals surface area contributed by atoms with E-state index in [1.165, 1.54) is 10.8 Å². The van der Waals surface area contributed by atoms with Crippen molar-refractivity contribution in [3.8, 4) is 0 Å². The van der Waals surface area contributed by atoms with E-state index in [2.05, 4.69) is 4.98 Å². The van der Waals surface area contributed by atoms with Crippen LogP contribution in [0.25, 0.3) is 0 Å². The molecule has 3 N–H and O–H groups in total. The maximum atomic E-state index is 11.7. The lowest BCUT2D eigenvalue weighted by molar-refractivity contribution is 0.129. The molecule has 0 bridgehead atoms. The van der Waals surface area contributed by atoms with Crippen molar-refractivity contribution in [1.29, 1.82) is 0 Å². The van der Waals surface area contributed by atoms with Crippen LogP contribution in [0.2, 0.25) is 0 Å². The Morgan fingerprint density at radius 3 is 2.76 bits per heavy atom. The second kappa shape index (κ2) is 4.46. The molecule has 0 amide bonds. The highest BCUT2D eigenvalue weighted by atomic mass is 16.3. The van der Waals surface area contributed by atoms with Crippen molar-refractivity contribution < 1.29 is 10.2 Å². The maximum absolute atomic E-state index is 11.7. The van der Waals surface area contributed by atoms with Gasteiger partial charge in [-0.2, -0.15) is 0 Å². The van der Waals surface area contributed by atoms with Crippen molar-refractivity contribution in [3.63, 3.8) is 0 Å². The summed E-state index contributed by atoms with van der Waals surface area (Å²) in [6.07, 6.45) is 1.83. The van der Waals surface area contributed by atoms with Crippen LogP contribution in [0.15, 0.2) is 15.8 Å². The molecule has 1 heterocycles. The molecule has 3 atom stereocenters. The van der Waals surface area contributed by atoms with Crippen molar-refractivity contribution >= 4 is 0 Å². The van der Waals surface area contributed by atoms with Crippen molar-refractivity contribution in [1.82, 2.24) is 9.55 Å². The predicted octanol–water partition coefficient (Wildman–Crippen LogP) is -0.851. The first-order valence-corrected chi connectivity index (χ1v) is 5.64. The first-order chi connectivity index (χ1) is 8.02. The zero-order valence-electron chi connectivity index (χ0n) is 9.59. The summed E-state index contributed by atoms with van der Waals surface area (Å²) >= 11 is 0. The largest absolute Gasteiger partial charge is 0.396 e. The van der Waals surface area contributed by atoms with Crippen LogP contribution in [0.5, 0.6) is 0 Å². The Kier molecular flexibility index (Phi) is 3.17. The van der Waals surface area contributed by atoms with Gasteiger partial charge >= 0.3 is 5.69 Å². The van der Waals surface area contributed by atoms with Gasteiger partial charge in [0, 0.05) is 18.4 Å². The second-order valence-electron chi connectivity index (χ2n) is 4.63. The standard InChI is InChI=1S/C11H16N2O4/c1-6-4-13(11(17)12-10(6)16)8-2-7(5-14)3-9(8)15/h4,7-9,14-15H,2-3,5H2,1H3,(H,12,16,17)/t7-,8+,9-/m0/s1. The van der Waals surface area contributed by atoms with Crippen molar-refractivity contribution in [2.75, 3.05) is 6.61 Å². The van der Waals surface area contributed by atoms with Crippen LogP contribution in [0.4, 0.5) is 0 Å². The number of nitrogens with one attached hydrogen (secondary N) is 1. The van der Waals surface area contributed by atoms with Crippen molar-refractivity contribution in [3.05, 3.63) is 32.6 Å². The lowest BCUT2D eigenvalue weighted by atomic mass is 10.1. The highest BCUT2D eigenvalue weighted by Gasteiger charge is 2.34. The Hall–Kier alpha value is -1.40. The minimum atomic E-state index is -0.657. The molecule has 1 aliphatic rings. The average molecular weight is 240 g/mol. The summed E-state index contributed by atoms with van der Waals surface area (Å²) in [7, 11) is 0. The molecule has 0 saturated heterocycles. The van der Waals surface area contributed by atoms with Gasteiger partial charge in [0.05, 0.1) is 12.1 Å². The van der Waals surface area contributed by atoms with Gasteiger partial charge in [0.1, 0.15) is 0 Å². The SMILES string of the molecule is Cc1cn([C@@H]2C[C@H](CO)C[C@@H]2O)c(=O)[nH]c1=O. The summed E-state index contributed by atoms with van der Waals surface area (Å²) < 4.78 is 1.36. The molecule has 0 unspecified atom stereocenters. The minimum Gasteiger partial charge on any atom is -0.396 e.